The van der Waals surface area contributed by atoms with Crippen molar-refractivity contribution < 1.29 is 19.1 Å². The van der Waals surface area contributed by atoms with E-state index in [9.17, 15) is 9.59 Å². The predicted octanol–water partition coefficient (Wildman–Crippen LogP) is 3.47. The molecule has 5 heteroatoms. The molecule has 0 radical (unpaired) electrons. The Morgan fingerprint density at radius 2 is 2.17 bits per heavy atom. The summed E-state index contributed by atoms with van der Waals surface area (Å²) in [5.74, 6) is -0.828. The first-order valence-corrected chi connectivity index (χ1v) is 7.59. The minimum Gasteiger partial charge on any atom is -0.502 e. The molecule has 23 heavy (non-hydrogen) atoms. The topological polar surface area (TPSA) is 76.7 Å². The molecule has 0 amide bonds. The van der Waals surface area contributed by atoms with Crippen molar-refractivity contribution >= 4 is 5.97 Å². The lowest BCUT2D eigenvalue weighted by molar-refractivity contribution is -0.140. The second kappa shape index (κ2) is 6.44. The number of carbonyl (C=O) groups is 1. The Morgan fingerprint density at radius 1 is 1.48 bits per heavy atom. The molecule has 0 aromatic carbocycles. The molecule has 0 spiro atoms. The number of hydrogen-bond donors (Lipinski definition) is 1. The molecule has 0 bridgehead atoms. The Labute approximate surface area is 135 Å². The molecule has 1 aromatic heterocycles. The molecule has 1 heterocycles. The van der Waals surface area contributed by atoms with E-state index in [4.69, 9.17) is 14.3 Å². The number of esters is 1. The van der Waals surface area contributed by atoms with E-state index in [-0.39, 0.29) is 17.8 Å². The van der Waals surface area contributed by atoms with Gasteiger partial charge in [-0.25, -0.2) is 4.79 Å². The molecule has 0 saturated carbocycles. The molecular weight excluding hydrogens is 296 g/mol. The van der Waals surface area contributed by atoms with Gasteiger partial charge in [-0.2, -0.15) is 0 Å². The van der Waals surface area contributed by atoms with Crippen LogP contribution in [0.5, 0.6) is 5.75 Å². The van der Waals surface area contributed by atoms with Crippen LogP contribution in [0.15, 0.2) is 44.8 Å². The summed E-state index contributed by atoms with van der Waals surface area (Å²) in [6.07, 6.45) is 3.84. The highest BCUT2D eigenvalue weighted by Gasteiger charge is 2.29. The van der Waals surface area contributed by atoms with Gasteiger partial charge in [-0.1, -0.05) is 26.0 Å². The second-order valence-corrected chi connectivity index (χ2v) is 6.49. The largest absolute Gasteiger partial charge is 0.502 e. The molecule has 2 rings (SSSR count). The lowest BCUT2D eigenvalue weighted by Gasteiger charge is -2.33. The number of hydrogen-bond acceptors (Lipinski definition) is 5. The van der Waals surface area contributed by atoms with Crippen LogP contribution in [0, 0.1) is 5.41 Å². The average molecular weight is 318 g/mol. The van der Waals surface area contributed by atoms with Crippen LogP contribution in [0.3, 0.4) is 0 Å². The Bertz CT molecular complexity index is 721. The quantitative estimate of drug-likeness (QED) is 0.679. The molecule has 1 N–H and O–H groups in total. The summed E-state index contributed by atoms with van der Waals surface area (Å²) in [5.41, 5.74) is 1.96. The van der Waals surface area contributed by atoms with E-state index in [1.165, 1.54) is 5.57 Å². The van der Waals surface area contributed by atoms with E-state index in [1.54, 1.807) is 0 Å². The molecule has 0 saturated heterocycles. The number of carbonyl (C=O) groups excluding carboxylic acids is 1. The Morgan fingerprint density at radius 3 is 2.83 bits per heavy atom. The number of aromatic hydroxyl groups is 1. The molecule has 0 aliphatic heterocycles. The Hall–Kier alpha value is -2.30. The molecule has 1 aromatic rings. The van der Waals surface area contributed by atoms with Crippen LogP contribution in [0.4, 0.5) is 0 Å². The van der Waals surface area contributed by atoms with Crippen molar-refractivity contribution in [2.75, 3.05) is 0 Å². The molecule has 1 aliphatic carbocycles. The zero-order valence-corrected chi connectivity index (χ0v) is 13.8. The van der Waals surface area contributed by atoms with E-state index >= 15 is 0 Å². The van der Waals surface area contributed by atoms with Gasteiger partial charge in [0.1, 0.15) is 18.6 Å². The average Bonchev–Trinajstić information content (AvgIpc) is 2.50. The molecule has 5 nitrogen and oxygen atoms in total. The van der Waals surface area contributed by atoms with E-state index in [0.717, 1.165) is 37.2 Å². The van der Waals surface area contributed by atoms with Crippen LogP contribution >= 0.6 is 0 Å². The molecule has 1 aliphatic rings. The van der Waals surface area contributed by atoms with Crippen LogP contribution in [-0.2, 0) is 16.1 Å². The third kappa shape index (κ3) is 3.73. The maximum Gasteiger partial charge on any atom is 0.338 e. The van der Waals surface area contributed by atoms with Crippen molar-refractivity contribution in [3.05, 3.63) is 51.6 Å². The number of rotatable bonds is 4. The molecule has 0 atom stereocenters. The summed E-state index contributed by atoms with van der Waals surface area (Å²) < 4.78 is 10.2. The van der Waals surface area contributed by atoms with Gasteiger partial charge >= 0.3 is 5.97 Å². The SMILES string of the molecule is C=C(C(=O)OCc1cc(=O)c(O)co1)C1=C(C)C(C)(C)CCC1. The molecule has 0 unspecified atom stereocenters. The van der Waals surface area contributed by atoms with E-state index < -0.39 is 17.1 Å². The van der Waals surface area contributed by atoms with Gasteiger partial charge in [-0.05, 0) is 37.2 Å². The zero-order valence-electron chi connectivity index (χ0n) is 13.8. The maximum atomic E-state index is 12.2. The van der Waals surface area contributed by atoms with Crippen molar-refractivity contribution in [3.63, 3.8) is 0 Å². The number of ether oxygens (including phenoxy) is 1. The van der Waals surface area contributed by atoms with Crippen LogP contribution in [0.2, 0.25) is 0 Å². The highest BCUT2D eigenvalue weighted by atomic mass is 16.5. The zero-order chi connectivity index (χ0) is 17.2. The first-order chi connectivity index (χ1) is 10.7. The smallest absolute Gasteiger partial charge is 0.338 e. The van der Waals surface area contributed by atoms with Gasteiger partial charge in [0.2, 0.25) is 5.43 Å². The fraction of sp³-hybridized carbons (Fsp3) is 0.444. The normalized spacial score (nSPS) is 17.0. The first kappa shape index (κ1) is 17.1. The molecular formula is C18H22O5. The summed E-state index contributed by atoms with van der Waals surface area (Å²) in [5, 5.41) is 9.12. The van der Waals surface area contributed by atoms with Gasteiger partial charge in [0.15, 0.2) is 5.75 Å². The third-order valence-electron chi connectivity index (χ3n) is 4.52. The van der Waals surface area contributed by atoms with E-state index in [0.29, 0.717) is 5.57 Å². The first-order valence-electron chi connectivity index (χ1n) is 7.59. The highest BCUT2D eigenvalue weighted by molar-refractivity contribution is 5.93. The second-order valence-electron chi connectivity index (χ2n) is 6.49. The van der Waals surface area contributed by atoms with Crippen molar-refractivity contribution in [1.29, 1.82) is 0 Å². The van der Waals surface area contributed by atoms with Crippen molar-refractivity contribution in [3.8, 4) is 5.75 Å². The number of allylic oxidation sites excluding steroid dienone is 1. The van der Waals surface area contributed by atoms with Gasteiger partial charge < -0.3 is 14.3 Å². The summed E-state index contributed by atoms with van der Waals surface area (Å²) >= 11 is 0. The summed E-state index contributed by atoms with van der Waals surface area (Å²) in [6.45, 7) is 10.0. The minimum absolute atomic E-state index is 0.0561. The van der Waals surface area contributed by atoms with Crippen molar-refractivity contribution in [2.45, 2.75) is 46.6 Å². The summed E-state index contributed by atoms with van der Waals surface area (Å²) in [6, 6.07) is 1.10. The summed E-state index contributed by atoms with van der Waals surface area (Å²) in [7, 11) is 0. The van der Waals surface area contributed by atoms with Gasteiger partial charge in [-0.3, -0.25) is 4.79 Å². The predicted molar refractivity (Wildman–Crippen MR) is 85.9 cm³/mol. The van der Waals surface area contributed by atoms with Gasteiger partial charge in [0.05, 0.1) is 5.57 Å². The van der Waals surface area contributed by atoms with Crippen LogP contribution in [0.25, 0.3) is 0 Å². The standard InChI is InChI=1S/C18H22O5/c1-11(14-6-5-7-18(3,4)12(14)2)17(21)23-9-13-8-15(19)16(20)10-22-13/h8,10,20H,1,5-7,9H2,2-4H3. The van der Waals surface area contributed by atoms with Crippen LogP contribution in [0.1, 0.15) is 45.8 Å². The van der Waals surface area contributed by atoms with Crippen molar-refractivity contribution in [1.82, 2.24) is 0 Å². The lowest BCUT2D eigenvalue weighted by atomic mass is 9.72. The van der Waals surface area contributed by atoms with Crippen molar-refractivity contribution in [2.24, 2.45) is 5.41 Å². The van der Waals surface area contributed by atoms with Gasteiger partial charge in [0.25, 0.3) is 0 Å². The minimum atomic E-state index is -0.575. The fourth-order valence-corrected chi connectivity index (χ4v) is 2.73. The van der Waals surface area contributed by atoms with Gasteiger partial charge in [0, 0.05) is 6.07 Å². The van der Waals surface area contributed by atoms with Crippen LogP contribution < -0.4 is 5.43 Å². The maximum absolute atomic E-state index is 12.2. The highest BCUT2D eigenvalue weighted by Crippen LogP contribution is 2.41. The lowest BCUT2D eigenvalue weighted by Crippen LogP contribution is -2.22. The van der Waals surface area contributed by atoms with E-state index in [1.807, 2.05) is 6.92 Å². The Balaban J connectivity index is 2.07. The molecule has 124 valence electrons. The molecule has 0 fully saturated rings. The monoisotopic (exact) mass is 318 g/mol. The summed E-state index contributed by atoms with van der Waals surface area (Å²) in [4.78, 5) is 23.5. The van der Waals surface area contributed by atoms with Gasteiger partial charge in [-0.15, -0.1) is 0 Å². The van der Waals surface area contributed by atoms with E-state index in [2.05, 4.69) is 20.4 Å². The van der Waals surface area contributed by atoms with Crippen LogP contribution in [-0.4, -0.2) is 11.1 Å². The fourth-order valence-electron chi connectivity index (χ4n) is 2.73. The third-order valence-corrected chi connectivity index (χ3v) is 4.52. The Kier molecular flexibility index (Phi) is 4.78.